The van der Waals surface area contributed by atoms with E-state index in [1.54, 1.807) is 0 Å². The van der Waals surface area contributed by atoms with E-state index in [2.05, 4.69) is 16.8 Å². The van der Waals surface area contributed by atoms with Crippen LogP contribution in [0.25, 0.3) is 0 Å². The van der Waals surface area contributed by atoms with Crippen molar-refractivity contribution >= 4 is 5.97 Å². The molecule has 0 radical (unpaired) electrons. The Kier molecular flexibility index (Phi) is 3.82. The van der Waals surface area contributed by atoms with Gasteiger partial charge >= 0.3 is 5.97 Å². The average Bonchev–Trinajstić information content (AvgIpc) is 3.01. The van der Waals surface area contributed by atoms with Crippen LogP contribution >= 0.6 is 0 Å². The summed E-state index contributed by atoms with van der Waals surface area (Å²) >= 11 is 0. The van der Waals surface area contributed by atoms with Crippen LogP contribution in [-0.2, 0) is 4.79 Å². The number of hydrogen-bond acceptors (Lipinski definition) is 3. The van der Waals surface area contributed by atoms with Crippen molar-refractivity contribution in [1.29, 1.82) is 0 Å². The lowest BCUT2D eigenvalue weighted by Gasteiger charge is -2.36. The molecular formula is C12H22N2O2. The number of carboxylic acids is 1. The van der Waals surface area contributed by atoms with Gasteiger partial charge in [-0.1, -0.05) is 0 Å². The number of piperidine rings is 1. The first-order valence-corrected chi connectivity index (χ1v) is 6.29. The molecule has 0 amide bonds. The van der Waals surface area contributed by atoms with Crippen molar-refractivity contribution in [1.82, 2.24) is 9.80 Å². The van der Waals surface area contributed by atoms with Crippen LogP contribution in [0.2, 0.25) is 0 Å². The molecule has 1 N–H and O–H groups in total. The Morgan fingerprint density at radius 1 is 1.31 bits per heavy atom. The predicted molar refractivity (Wildman–Crippen MR) is 62.5 cm³/mol. The molecule has 1 aliphatic heterocycles. The number of likely N-dealkylation sites (tertiary alicyclic amines) is 1. The minimum Gasteiger partial charge on any atom is -0.480 e. The van der Waals surface area contributed by atoms with Gasteiger partial charge in [0.15, 0.2) is 0 Å². The van der Waals surface area contributed by atoms with Gasteiger partial charge in [-0.3, -0.25) is 9.69 Å². The van der Waals surface area contributed by atoms with Crippen molar-refractivity contribution in [3.63, 3.8) is 0 Å². The SMILES string of the molecule is CN1CCC(N(CC(=O)O)CC2CC2)CC1. The van der Waals surface area contributed by atoms with Crippen molar-refractivity contribution in [3.05, 3.63) is 0 Å². The highest BCUT2D eigenvalue weighted by molar-refractivity contribution is 5.69. The molecule has 0 atom stereocenters. The standard InChI is InChI=1S/C12H22N2O2/c1-13-6-4-11(5-7-13)14(9-12(15)16)8-10-2-3-10/h10-11H,2-9H2,1H3,(H,15,16). The van der Waals surface area contributed by atoms with Crippen LogP contribution in [0, 0.1) is 5.92 Å². The molecule has 4 nitrogen and oxygen atoms in total. The lowest BCUT2D eigenvalue weighted by molar-refractivity contribution is -0.139. The zero-order chi connectivity index (χ0) is 11.5. The van der Waals surface area contributed by atoms with Crippen molar-refractivity contribution in [2.75, 3.05) is 33.2 Å². The fourth-order valence-electron chi connectivity index (χ4n) is 2.51. The summed E-state index contributed by atoms with van der Waals surface area (Å²) in [5, 5.41) is 8.95. The third kappa shape index (κ3) is 3.46. The summed E-state index contributed by atoms with van der Waals surface area (Å²) in [6, 6.07) is 0.493. The highest BCUT2D eigenvalue weighted by Gasteiger charge is 2.30. The van der Waals surface area contributed by atoms with E-state index in [1.807, 2.05) is 0 Å². The second kappa shape index (κ2) is 5.15. The quantitative estimate of drug-likeness (QED) is 0.755. The molecule has 1 saturated carbocycles. The van der Waals surface area contributed by atoms with Crippen molar-refractivity contribution in [3.8, 4) is 0 Å². The number of carboxylic acid groups (broad SMARTS) is 1. The van der Waals surface area contributed by atoms with Gasteiger partial charge in [-0.2, -0.15) is 0 Å². The maximum absolute atomic E-state index is 10.9. The summed E-state index contributed by atoms with van der Waals surface area (Å²) in [5.41, 5.74) is 0. The Morgan fingerprint density at radius 2 is 1.94 bits per heavy atom. The third-order valence-corrected chi connectivity index (χ3v) is 3.73. The van der Waals surface area contributed by atoms with Crippen molar-refractivity contribution in [2.24, 2.45) is 5.92 Å². The Balaban J connectivity index is 1.86. The van der Waals surface area contributed by atoms with Gasteiger partial charge in [0.25, 0.3) is 0 Å². The van der Waals surface area contributed by atoms with E-state index >= 15 is 0 Å². The monoisotopic (exact) mass is 226 g/mol. The second-order valence-corrected chi connectivity index (χ2v) is 5.30. The van der Waals surface area contributed by atoms with E-state index in [-0.39, 0.29) is 6.54 Å². The van der Waals surface area contributed by atoms with E-state index < -0.39 is 5.97 Å². The predicted octanol–water partition coefficient (Wildman–Crippen LogP) is 0.877. The van der Waals surface area contributed by atoms with Crippen molar-refractivity contribution in [2.45, 2.75) is 31.7 Å². The number of nitrogens with zero attached hydrogens (tertiary/aromatic N) is 2. The number of aliphatic carboxylic acids is 1. The van der Waals surface area contributed by atoms with E-state index in [0.717, 1.165) is 38.4 Å². The molecule has 4 heteroatoms. The minimum absolute atomic E-state index is 0.227. The van der Waals surface area contributed by atoms with E-state index in [1.165, 1.54) is 12.8 Å². The molecule has 0 aromatic carbocycles. The average molecular weight is 226 g/mol. The van der Waals surface area contributed by atoms with Crippen LogP contribution in [0.1, 0.15) is 25.7 Å². The number of rotatable bonds is 5. The summed E-state index contributed by atoms with van der Waals surface area (Å²) in [6.07, 6.45) is 4.83. The van der Waals surface area contributed by atoms with Crippen molar-refractivity contribution < 1.29 is 9.90 Å². The molecule has 92 valence electrons. The van der Waals surface area contributed by atoms with Gasteiger partial charge < -0.3 is 10.0 Å². The highest BCUT2D eigenvalue weighted by atomic mass is 16.4. The smallest absolute Gasteiger partial charge is 0.317 e. The van der Waals surface area contributed by atoms with Gasteiger partial charge in [-0.15, -0.1) is 0 Å². The second-order valence-electron chi connectivity index (χ2n) is 5.30. The number of hydrogen-bond donors (Lipinski definition) is 1. The third-order valence-electron chi connectivity index (χ3n) is 3.73. The Hall–Kier alpha value is -0.610. The van der Waals surface area contributed by atoms with Crippen LogP contribution in [0.3, 0.4) is 0 Å². The van der Waals surface area contributed by atoms with E-state index in [4.69, 9.17) is 5.11 Å². The Morgan fingerprint density at radius 3 is 2.44 bits per heavy atom. The zero-order valence-corrected chi connectivity index (χ0v) is 10.1. The fourth-order valence-corrected chi connectivity index (χ4v) is 2.51. The van der Waals surface area contributed by atoms with E-state index in [9.17, 15) is 4.79 Å². The summed E-state index contributed by atoms with van der Waals surface area (Å²) in [5.74, 6) is 0.0959. The van der Waals surface area contributed by atoms with Crippen LogP contribution in [0.15, 0.2) is 0 Å². The fraction of sp³-hybridized carbons (Fsp3) is 0.917. The van der Waals surface area contributed by atoms with Crippen LogP contribution in [0.5, 0.6) is 0 Å². The Labute approximate surface area is 97.2 Å². The molecule has 2 fully saturated rings. The lowest BCUT2D eigenvalue weighted by atomic mass is 10.0. The van der Waals surface area contributed by atoms with Gasteiger partial charge in [0, 0.05) is 12.6 Å². The first-order valence-electron chi connectivity index (χ1n) is 6.29. The normalized spacial score (nSPS) is 23.9. The zero-order valence-electron chi connectivity index (χ0n) is 10.1. The van der Waals surface area contributed by atoms with Gasteiger partial charge in [0.1, 0.15) is 0 Å². The minimum atomic E-state index is -0.681. The Bertz CT molecular complexity index is 245. The summed E-state index contributed by atoms with van der Waals surface area (Å²) in [4.78, 5) is 15.4. The first-order chi connectivity index (χ1) is 7.65. The molecule has 1 aliphatic carbocycles. The molecule has 0 unspecified atom stereocenters. The summed E-state index contributed by atoms with van der Waals surface area (Å²) in [7, 11) is 2.14. The summed E-state index contributed by atoms with van der Waals surface area (Å²) in [6.45, 7) is 3.43. The molecule has 0 aromatic rings. The van der Waals surface area contributed by atoms with Crippen LogP contribution in [-0.4, -0.2) is 60.1 Å². The molecule has 0 spiro atoms. The van der Waals surface area contributed by atoms with Gasteiger partial charge in [0.05, 0.1) is 6.54 Å². The van der Waals surface area contributed by atoms with Gasteiger partial charge in [-0.25, -0.2) is 0 Å². The van der Waals surface area contributed by atoms with Crippen LogP contribution in [0.4, 0.5) is 0 Å². The van der Waals surface area contributed by atoms with Gasteiger partial charge in [-0.05, 0) is 51.7 Å². The summed E-state index contributed by atoms with van der Waals surface area (Å²) < 4.78 is 0. The van der Waals surface area contributed by atoms with E-state index in [0.29, 0.717) is 6.04 Å². The van der Waals surface area contributed by atoms with Crippen LogP contribution < -0.4 is 0 Å². The molecule has 16 heavy (non-hydrogen) atoms. The lowest BCUT2D eigenvalue weighted by Crippen LogP contribution is -2.46. The first kappa shape index (κ1) is 11.9. The molecule has 0 bridgehead atoms. The maximum Gasteiger partial charge on any atom is 0.317 e. The highest BCUT2D eigenvalue weighted by Crippen LogP contribution is 2.31. The maximum atomic E-state index is 10.9. The molecule has 2 aliphatic rings. The largest absolute Gasteiger partial charge is 0.480 e. The van der Waals surface area contributed by atoms with Gasteiger partial charge in [0.2, 0.25) is 0 Å². The molecular weight excluding hydrogens is 204 g/mol. The molecule has 1 saturated heterocycles. The topological polar surface area (TPSA) is 43.8 Å². The molecule has 0 aromatic heterocycles. The molecule has 1 heterocycles. The number of carbonyl (C=O) groups is 1. The molecule has 2 rings (SSSR count).